The molecule has 0 saturated heterocycles. The summed E-state index contributed by atoms with van der Waals surface area (Å²) < 4.78 is 0. The lowest BCUT2D eigenvalue weighted by Gasteiger charge is -2.16. The summed E-state index contributed by atoms with van der Waals surface area (Å²) in [4.78, 5) is 4.79. The highest BCUT2D eigenvalue weighted by atomic mass is 14.8. The van der Waals surface area contributed by atoms with Crippen molar-refractivity contribution in [3.63, 3.8) is 0 Å². The minimum absolute atomic E-state index is 0.0468. The zero-order chi connectivity index (χ0) is 13.7. The molecule has 2 aromatic rings. The fourth-order valence-electron chi connectivity index (χ4n) is 1.83. The molecular weight excluding hydrogens is 230 g/mol. The molecule has 2 rings (SSSR count). The summed E-state index contributed by atoms with van der Waals surface area (Å²) in [5, 5.41) is 0. The molecule has 2 aromatic carbocycles. The molecule has 0 amide bonds. The van der Waals surface area contributed by atoms with Crippen LogP contribution in [0.2, 0.25) is 0 Å². The molecule has 1 nitrogen and oxygen atoms in total. The second-order valence-electron chi connectivity index (χ2n) is 5.56. The Labute approximate surface area is 116 Å². The molecule has 0 aliphatic rings. The topological polar surface area (TPSA) is 12.4 Å². The van der Waals surface area contributed by atoms with Crippen molar-refractivity contribution in [1.82, 2.24) is 0 Å². The van der Waals surface area contributed by atoms with E-state index < -0.39 is 0 Å². The van der Waals surface area contributed by atoms with Crippen molar-refractivity contribution < 1.29 is 0 Å². The minimum Gasteiger partial charge on any atom is -0.284 e. The first kappa shape index (κ1) is 13.5. The van der Waals surface area contributed by atoms with E-state index >= 15 is 0 Å². The first-order valence-electron chi connectivity index (χ1n) is 6.57. The summed E-state index contributed by atoms with van der Waals surface area (Å²) in [6.45, 7) is 9.04. The predicted octanol–water partition coefficient (Wildman–Crippen LogP) is 4.38. The van der Waals surface area contributed by atoms with Gasteiger partial charge in [0.15, 0.2) is 0 Å². The SMILES string of the molecule is [CH2]C(C)(C)CN=C(c1ccccc1)c1ccccc1. The number of hydrogen-bond donors (Lipinski definition) is 0. The number of nitrogens with zero attached hydrogens (tertiary/aromatic N) is 1. The van der Waals surface area contributed by atoms with Crippen LogP contribution in [0.3, 0.4) is 0 Å². The predicted molar refractivity (Wildman–Crippen MR) is 82.5 cm³/mol. The summed E-state index contributed by atoms with van der Waals surface area (Å²) in [5.74, 6) is 0. The largest absolute Gasteiger partial charge is 0.284 e. The normalized spacial score (nSPS) is 11.1. The van der Waals surface area contributed by atoms with Crippen molar-refractivity contribution in [3.8, 4) is 0 Å². The van der Waals surface area contributed by atoms with Gasteiger partial charge in [0.1, 0.15) is 0 Å². The Hall–Kier alpha value is -1.89. The van der Waals surface area contributed by atoms with Gasteiger partial charge in [0, 0.05) is 17.7 Å². The first-order chi connectivity index (χ1) is 9.06. The summed E-state index contributed by atoms with van der Waals surface area (Å²) in [5.41, 5.74) is 3.29. The van der Waals surface area contributed by atoms with Gasteiger partial charge in [-0.15, -0.1) is 0 Å². The van der Waals surface area contributed by atoms with Crippen LogP contribution in [0.4, 0.5) is 0 Å². The summed E-state index contributed by atoms with van der Waals surface area (Å²) in [6, 6.07) is 20.6. The quantitative estimate of drug-likeness (QED) is 0.714. The van der Waals surface area contributed by atoms with Crippen LogP contribution in [-0.4, -0.2) is 12.3 Å². The average molecular weight is 250 g/mol. The van der Waals surface area contributed by atoms with Crippen LogP contribution in [0.15, 0.2) is 65.7 Å². The zero-order valence-electron chi connectivity index (χ0n) is 11.6. The van der Waals surface area contributed by atoms with Gasteiger partial charge in [0.05, 0.1) is 5.71 Å². The van der Waals surface area contributed by atoms with Crippen LogP contribution in [0, 0.1) is 12.3 Å². The molecule has 0 aromatic heterocycles. The van der Waals surface area contributed by atoms with Crippen molar-refractivity contribution in [3.05, 3.63) is 78.7 Å². The Morgan fingerprint density at radius 2 is 1.32 bits per heavy atom. The molecule has 0 N–H and O–H groups in total. The fraction of sp³-hybridized carbons (Fsp3) is 0.222. The molecule has 0 fully saturated rings. The second-order valence-corrected chi connectivity index (χ2v) is 5.56. The third-order valence-electron chi connectivity index (χ3n) is 2.76. The molecule has 0 spiro atoms. The number of hydrogen-bond acceptors (Lipinski definition) is 1. The van der Waals surface area contributed by atoms with Crippen LogP contribution in [0.25, 0.3) is 0 Å². The van der Waals surface area contributed by atoms with E-state index in [-0.39, 0.29) is 5.41 Å². The number of rotatable bonds is 4. The van der Waals surface area contributed by atoms with Gasteiger partial charge in [-0.05, 0) is 12.3 Å². The van der Waals surface area contributed by atoms with Crippen molar-refractivity contribution in [2.24, 2.45) is 10.4 Å². The highest BCUT2D eigenvalue weighted by Gasteiger charge is 2.11. The molecule has 0 aliphatic heterocycles. The molecule has 97 valence electrons. The van der Waals surface area contributed by atoms with E-state index in [2.05, 4.69) is 45.0 Å². The van der Waals surface area contributed by atoms with Crippen LogP contribution in [-0.2, 0) is 0 Å². The van der Waals surface area contributed by atoms with Gasteiger partial charge < -0.3 is 0 Å². The van der Waals surface area contributed by atoms with Crippen molar-refractivity contribution in [2.75, 3.05) is 6.54 Å². The van der Waals surface area contributed by atoms with Crippen LogP contribution < -0.4 is 0 Å². The van der Waals surface area contributed by atoms with E-state index in [1.54, 1.807) is 0 Å². The Kier molecular flexibility index (Phi) is 4.16. The second kappa shape index (κ2) is 5.83. The van der Waals surface area contributed by atoms with Crippen molar-refractivity contribution >= 4 is 5.71 Å². The molecule has 1 heteroatoms. The Balaban J connectivity index is 2.40. The molecular formula is C18H20N. The van der Waals surface area contributed by atoms with Gasteiger partial charge in [-0.2, -0.15) is 0 Å². The lowest BCUT2D eigenvalue weighted by atomic mass is 9.96. The van der Waals surface area contributed by atoms with Gasteiger partial charge in [-0.1, -0.05) is 74.5 Å². The molecule has 0 heterocycles. The Bertz CT molecular complexity index is 491. The summed E-state index contributed by atoms with van der Waals surface area (Å²) >= 11 is 0. The van der Waals surface area contributed by atoms with Gasteiger partial charge >= 0.3 is 0 Å². The third-order valence-corrected chi connectivity index (χ3v) is 2.76. The van der Waals surface area contributed by atoms with Crippen molar-refractivity contribution in [1.29, 1.82) is 0 Å². The molecule has 0 unspecified atom stereocenters. The minimum atomic E-state index is -0.0468. The zero-order valence-corrected chi connectivity index (χ0v) is 11.6. The van der Waals surface area contributed by atoms with Gasteiger partial charge in [-0.25, -0.2) is 0 Å². The van der Waals surface area contributed by atoms with E-state index in [0.29, 0.717) is 6.54 Å². The Morgan fingerprint density at radius 1 is 0.895 bits per heavy atom. The standard InChI is InChI=1S/C18H20N/c1-18(2,3)14-19-17(15-10-6-4-7-11-15)16-12-8-5-9-13-16/h4-13H,1,14H2,2-3H3. The Morgan fingerprint density at radius 3 is 1.68 bits per heavy atom. The van der Waals surface area contributed by atoms with Crippen LogP contribution in [0.1, 0.15) is 25.0 Å². The molecule has 0 bridgehead atoms. The van der Waals surface area contributed by atoms with Gasteiger partial charge in [-0.3, -0.25) is 4.99 Å². The van der Waals surface area contributed by atoms with Gasteiger partial charge in [0.2, 0.25) is 0 Å². The van der Waals surface area contributed by atoms with E-state index in [0.717, 1.165) is 16.8 Å². The molecule has 0 atom stereocenters. The molecule has 0 aliphatic carbocycles. The van der Waals surface area contributed by atoms with Crippen molar-refractivity contribution in [2.45, 2.75) is 13.8 Å². The maximum absolute atomic E-state index is 4.79. The monoisotopic (exact) mass is 250 g/mol. The number of aliphatic imine (C=N–C) groups is 1. The molecule has 0 saturated carbocycles. The summed E-state index contributed by atoms with van der Waals surface area (Å²) in [6.07, 6.45) is 0. The summed E-state index contributed by atoms with van der Waals surface area (Å²) in [7, 11) is 0. The molecule has 1 radical (unpaired) electrons. The highest BCUT2D eigenvalue weighted by Crippen LogP contribution is 2.16. The van der Waals surface area contributed by atoms with E-state index in [4.69, 9.17) is 4.99 Å². The fourth-order valence-corrected chi connectivity index (χ4v) is 1.83. The van der Waals surface area contributed by atoms with Crippen LogP contribution in [0.5, 0.6) is 0 Å². The van der Waals surface area contributed by atoms with E-state index in [1.165, 1.54) is 0 Å². The highest BCUT2D eigenvalue weighted by molar-refractivity contribution is 6.12. The van der Waals surface area contributed by atoms with Crippen LogP contribution >= 0.6 is 0 Å². The third kappa shape index (κ3) is 4.06. The van der Waals surface area contributed by atoms with E-state index in [1.807, 2.05) is 36.4 Å². The smallest absolute Gasteiger partial charge is 0.0719 e. The maximum Gasteiger partial charge on any atom is 0.0719 e. The maximum atomic E-state index is 4.79. The lowest BCUT2D eigenvalue weighted by molar-refractivity contribution is 0.492. The van der Waals surface area contributed by atoms with Gasteiger partial charge in [0.25, 0.3) is 0 Å². The number of benzene rings is 2. The average Bonchev–Trinajstić information content (AvgIpc) is 2.40. The van der Waals surface area contributed by atoms with E-state index in [9.17, 15) is 0 Å². The first-order valence-corrected chi connectivity index (χ1v) is 6.57. The lowest BCUT2D eigenvalue weighted by Crippen LogP contribution is -2.13. The molecule has 19 heavy (non-hydrogen) atoms.